The van der Waals surface area contributed by atoms with Crippen molar-refractivity contribution in [3.05, 3.63) is 12.2 Å². The Kier molecular flexibility index (Phi) is 5.58. The van der Waals surface area contributed by atoms with Crippen LogP contribution in [0.4, 0.5) is 0 Å². The minimum absolute atomic E-state index is 0.396. The molecule has 4 nitrogen and oxygen atoms in total. The maximum Gasteiger partial charge on any atom is 0.138 e. The van der Waals surface area contributed by atoms with Crippen molar-refractivity contribution < 1.29 is 0 Å². The zero-order valence-corrected chi connectivity index (χ0v) is 13.4. The van der Waals surface area contributed by atoms with E-state index in [-0.39, 0.29) is 0 Å². The Bertz CT molecular complexity index is 391. The predicted octanol–water partition coefficient (Wildman–Crippen LogP) is 3.35. The molecule has 1 aliphatic rings. The van der Waals surface area contributed by atoms with E-state index in [0.717, 1.165) is 19.5 Å². The molecule has 2 rings (SSSR count). The van der Waals surface area contributed by atoms with Gasteiger partial charge in [-0.2, -0.15) is 5.10 Å². The zero-order valence-electron chi connectivity index (χ0n) is 13.4. The molecule has 0 bridgehead atoms. The predicted molar refractivity (Wildman–Crippen MR) is 82.8 cm³/mol. The highest BCUT2D eigenvalue weighted by Gasteiger charge is 2.33. The van der Waals surface area contributed by atoms with E-state index in [0.29, 0.717) is 11.5 Å². The topological polar surface area (TPSA) is 42.7 Å². The van der Waals surface area contributed by atoms with Gasteiger partial charge in [0.25, 0.3) is 0 Å². The smallest absolute Gasteiger partial charge is 0.138 e. The fraction of sp³-hybridized carbons (Fsp3) is 0.875. The number of aromatic nitrogens is 3. The normalized spacial score (nSPS) is 18.6. The summed E-state index contributed by atoms with van der Waals surface area (Å²) in [6, 6.07) is 0.400. The molecule has 114 valence electrons. The van der Waals surface area contributed by atoms with Crippen molar-refractivity contribution in [3.63, 3.8) is 0 Å². The van der Waals surface area contributed by atoms with Crippen LogP contribution >= 0.6 is 0 Å². The van der Waals surface area contributed by atoms with Gasteiger partial charge >= 0.3 is 0 Å². The lowest BCUT2D eigenvalue weighted by Crippen LogP contribution is -2.39. The maximum absolute atomic E-state index is 4.53. The first-order valence-corrected chi connectivity index (χ1v) is 8.26. The molecule has 0 aliphatic heterocycles. The molecule has 1 aromatic heterocycles. The van der Waals surface area contributed by atoms with Crippen LogP contribution in [-0.4, -0.2) is 27.9 Å². The van der Waals surface area contributed by atoms with Crippen LogP contribution in [0.1, 0.15) is 71.2 Å². The number of rotatable bonds is 7. The van der Waals surface area contributed by atoms with Crippen LogP contribution in [0.2, 0.25) is 0 Å². The Morgan fingerprint density at radius 2 is 2.05 bits per heavy atom. The molecule has 4 heteroatoms. The molecule has 0 saturated heterocycles. The SMILES string of the molecule is CCCNCC1(Cc2ncnn2C(C)C)CCCCC1. The van der Waals surface area contributed by atoms with Crippen molar-refractivity contribution >= 4 is 0 Å². The second-order valence-electron chi connectivity index (χ2n) is 6.63. The van der Waals surface area contributed by atoms with E-state index < -0.39 is 0 Å². The summed E-state index contributed by atoms with van der Waals surface area (Å²) in [6.45, 7) is 8.85. The minimum Gasteiger partial charge on any atom is -0.316 e. The van der Waals surface area contributed by atoms with Gasteiger partial charge in [0.15, 0.2) is 0 Å². The lowest BCUT2D eigenvalue weighted by molar-refractivity contribution is 0.174. The molecule has 20 heavy (non-hydrogen) atoms. The van der Waals surface area contributed by atoms with Crippen LogP contribution in [0.25, 0.3) is 0 Å². The third-order valence-corrected chi connectivity index (χ3v) is 4.51. The summed E-state index contributed by atoms with van der Waals surface area (Å²) in [7, 11) is 0. The highest BCUT2D eigenvalue weighted by molar-refractivity contribution is 4.97. The first kappa shape index (κ1) is 15.5. The highest BCUT2D eigenvalue weighted by atomic mass is 15.3. The standard InChI is InChI=1S/C16H30N4/c1-4-10-17-12-16(8-6-5-7-9-16)11-15-18-13-19-20(15)14(2)3/h13-14,17H,4-12H2,1-3H3. The van der Waals surface area contributed by atoms with Crippen LogP contribution in [0.15, 0.2) is 6.33 Å². The molecule has 1 N–H and O–H groups in total. The average Bonchev–Trinajstić information content (AvgIpc) is 2.88. The van der Waals surface area contributed by atoms with E-state index in [1.165, 1.54) is 44.3 Å². The first-order valence-electron chi connectivity index (χ1n) is 8.26. The summed E-state index contributed by atoms with van der Waals surface area (Å²) in [5.41, 5.74) is 0.396. The Hall–Kier alpha value is -0.900. The summed E-state index contributed by atoms with van der Waals surface area (Å²) in [4.78, 5) is 4.53. The second kappa shape index (κ2) is 7.21. The fourth-order valence-corrected chi connectivity index (χ4v) is 3.42. The van der Waals surface area contributed by atoms with Gasteiger partial charge < -0.3 is 5.32 Å². The summed E-state index contributed by atoms with van der Waals surface area (Å²) in [5, 5.41) is 8.04. The summed E-state index contributed by atoms with van der Waals surface area (Å²) in [6.07, 6.45) is 10.8. The lowest BCUT2D eigenvalue weighted by atomic mass is 9.71. The van der Waals surface area contributed by atoms with E-state index in [4.69, 9.17) is 0 Å². The Morgan fingerprint density at radius 1 is 1.30 bits per heavy atom. The first-order chi connectivity index (χ1) is 9.67. The van der Waals surface area contributed by atoms with Gasteiger partial charge in [0, 0.05) is 19.0 Å². The Labute approximate surface area is 123 Å². The molecule has 1 aromatic rings. The van der Waals surface area contributed by atoms with Gasteiger partial charge in [-0.25, -0.2) is 9.67 Å². The molecule has 1 heterocycles. The van der Waals surface area contributed by atoms with Crippen LogP contribution in [0.5, 0.6) is 0 Å². The molecular weight excluding hydrogens is 248 g/mol. The third kappa shape index (κ3) is 3.81. The molecule has 1 saturated carbocycles. The average molecular weight is 278 g/mol. The lowest BCUT2D eigenvalue weighted by Gasteiger charge is -2.37. The molecule has 1 fully saturated rings. The molecular formula is C16H30N4. The summed E-state index contributed by atoms with van der Waals surface area (Å²) >= 11 is 0. The maximum atomic E-state index is 4.53. The van der Waals surface area contributed by atoms with Gasteiger partial charge in [0.2, 0.25) is 0 Å². The third-order valence-electron chi connectivity index (χ3n) is 4.51. The van der Waals surface area contributed by atoms with Gasteiger partial charge in [0.1, 0.15) is 12.2 Å². The quantitative estimate of drug-likeness (QED) is 0.778. The highest BCUT2D eigenvalue weighted by Crippen LogP contribution is 2.38. The Balaban J connectivity index is 2.08. The molecule has 0 amide bonds. The molecule has 0 aromatic carbocycles. The van der Waals surface area contributed by atoms with Gasteiger partial charge in [0.05, 0.1) is 0 Å². The number of nitrogens with zero attached hydrogens (tertiary/aromatic N) is 3. The number of hydrogen-bond donors (Lipinski definition) is 1. The van der Waals surface area contributed by atoms with E-state index in [9.17, 15) is 0 Å². The van der Waals surface area contributed by atoms with E-state index in [1.807, 2.05) is 0 Å². The molecule has 0 radical (unpaired) electrons. The van der Waals surface area contributed by atoms with Crippen LogP contribution in [0, 0.1) is 5.41 Å². The van der Waals surface area contributed by atoms with Gasteiger partial charge in [-0.1, -0.05) is 26.2 Å². The van der Waals surface area contributed by atoms with E-state index in [1.54, 1.807) is 6.33 Å². The summed E-state index contributed by atoms with van der Waals surface area (Å²) in [5.74, 6) is 1.17. The largest absolute Gasteiger partial charge is 0.316 e. The van der Waals surface area contributed by atoms with Gasteiger partial charge in [-0.3, -0.25) is 0 Å². The van der Waals surface area contributed by atoms with Crippen LogP contribution in [0.3, 0.4) is 0 Å². The van der Waals surface area contributed by atoms with Gasteiger partial charge in [-0.05, 0) is 45.1 Å². The van der Waals surface area contributed by atoms with Gasteiger partial charge in [-0.15, -0.1) is 0 Å². The number of hydrogen-bond acceptors (Lipinski definition) is 3. The van der Waals surface area contributed by atoms with Crippen molar-refractivity contribution in [1.82, 2.24) is 20.1 Å². The summed E-state index contributed by atoms with van der Waals surface area (Å²) < 4.78 is 2.09. The van der Waals surface area contributed by atoms with Crippen molar-refractivity contribution in [2.45, 2.75) is 71.8 Å². The fourth-order valence-electron chi connectivity index (χ4n) is 3.42. The molecule has 0 unspecified atom stereocenters. The monoisotopic (exact) mass is 278 g/mol. The minimum atomic E-state index is 0.396. The van der Waals surface area contributed by atoms with Crippen molar-refractivity contribution in [3.8, 4) is 0 Å². The van der Waals surface area contributed by atoms with E-state index >= 15 is 0 Å². The Morgan fingerprint density at radius 3 is 2.70 bits per heavy atom. The number of nitrogens with one attached hydrogen (secondary N) is 1. The van der Waals surface area contributed by atoms with Crippen molar-refractivity contribution in [2.24, 2.45) is 5.41 Å². The van der Waals surface area contributed by atoms with Crippen molar-refractivity contribution in [2.75, 3.05) is 13.1 Å². The zero-order chi connectivity index (χ0) is 14.4. The van der Waals surface area contributed by atoms with Crippen LogP contribution < -0.4 is 5.32 Å². The van der Waals surface area contributed by atoms with E-state index in [2.05, 4.69) is 40.9 Å². The molecule has 0 spiro atoms. The van der Waals surface area contributed by atoms with Crippen molar-refractivity contribution in [1.29, 1.82) is 0 Å². The second-order valence-corrected chi connectivity index (χ2v) is 6.63. The molecule has 0 atom stereocenters. The molecule has 1 aliphatic carbocycles. The van der Waals surface area contributed by atoms with Crippen LogP contribution in [-0.2, 0) is 6.42 Å².